The molecule has 0 unspecified atom stereocenters. The SMILES string of the molecule is COc1ccc(CN2Cc3ccccc3C2)c(N)c1. The summed E-state index contributed by atoms with van der Waals surface area (Å²) in [4.78, 5) is 2.41. The molecule has 0 atom stereocenters. The van der Waals surface area contributed by atoms with E-state index >= 15 is 0 Å². The van der Waals surface area contributed by atoms with Gasteiger partial charge < -0.3 is 10.5 Å². The molecule has 1 heterocycles. The fourth-order valence-corrected chi connectivity index (χ4v) is 2.60. The highest BCUT2D eigenvalue weighted by atomic mass is 16.5. The van der Waals surface area contributed by atoms with Crippen molar-refractivity contribution in [2.75, 3.05) is 12.8 Å². The predicted octanol–water partition coefficient (Wildman–Crippen LogP) is 2.79. The normalized spacial score (nSPS) is 14.4. The number of benzene rings is 2. The molecule has 0 saturated carbocycles. The molecule has 3 nitrogen and oxygen atoms in total. The van der Waals surface area contributed by atoms with Crippen LogP contribution >= 0.6 is 0 Å². The van der Waals surface area contributed by atoms with Crippen LogP contribution in [0.1, 0.15) is 16.7 Å². The van der Waals surface area contributed by atoms with E-state index in [1.54, 1.807) is 7.11 Å². The smallest absolute Gasteiger partial charge is 0.120 e. The first-order chi connectivity index (χ1) is 9.26. The number of ether oxygens (including phenoxy) is 1. The molecule has 2 N–H and O–H groups in total. The molecule has 1 aliphatic rings. The van der Waals surface area contributed by atoms with Crippen LogP contribution in [-0.2, 0) is 19.6 Å². The number of hydrogen-bond acceptors (Lipinski definition) is 3. The van der Waals surface area contributed by atoms with Gasteiger partial charge in [-0.25, -0.2) is 0 Å². The Hall–Kier alpha value is -2.00. The van der Waals surface area contributed by atoms with E-state index in [0.717, 1.165) is 36.6 Å². The lowest BCUT2D eigenvalue weighted by molar-refractivity contribution is 0.276. The van der Waals surface area contributed by atoms with Crippen LogP contribution in [0.25, 0.3) is 0 Å². The van der Waals surface area contributed by atoms with Gasteiger partial charge in [-0.1, -0.05) is 30.3 Å². The zero-order chi connectivity index (χ0) is 13.2. The summed E-state index contributed by atoms with van der Waals surface area (Å²) in [6.45, 7) is 2.88. The maximum Gasteiger partial charge on any atom is 0.120 e. The van der Waals surface area contributed by atoms with Gasteiger partial charge in [0.05, 0.1) is 7.11 Å². The summed E-state index contributed by atoms with van der Waals surface area (Å²) in [6.07, 6.45) is 0. The highest BCUT2D eigenvalue weighted by molar-refractivity contribution is 5.51. The molecule has 0 radical (unpaired) electrons. The lowest BCUT2D eigenvalue weighted by atomic mass is 10.1. The number of anilines is 1. The van der Waals surface area contributed by atoms with Crippen molar-refractivity contribution < 1.29 is 4.74 Å². The molecular weight excluding hydrogens is 236 g/mol. The Labute approximate surface area is 113 Å². The van der Waals surface area contributed by atoms with Crippen LogP contribution in [0.2, 0.25) is 0 Å². The zero-order valence-corrected chi connectivity index (χ0v) is 11.1. The molecule has 0 amide bonds. The largest absolute Gasteiger partial charge is 0.497 e. The number of fused-ring (bicyclic) bond motifs is 1. The van der Waals surface area contributed by atoms with Gasteiger partial charge in [0.15, 0.2) is 0 Å². The maximum atomic E-state index is 6.07. The van der Waals surface area contributed by atoms with Gasteiger partial charge in [-0.2, -0.15) is 0 Å². The van der Waals surface area contributed by atoms with Gasteiger partial charge in [0, 0.05) is 31.4 Å². The summed E-state index contributed by atoms with van der Waals surface area (Å²) in [5, 5.41) is 0. The van der Waals surface area contributed by atoms with Crippen molar-refractivity contribution >= 4 is 5.69 Å². The minimum absolute atomic E-state index is 0.801. The second kappa shape index (κ2) is 4.94. The molecule has 0 fully saturated rings. The van der Waals surface area contributed by atoms with E-state index in [4.69, 9.17) is 10.5 Å². The molecule has 0 saturated heterocycles. The van der Waals surface area contributed by atoms with Gasteiger partial charge in [-0.05, 0) is 22.8 Å². The van der Waals surface area contributed by atoms with Gasteiger partial charge in [0.2, 0.25) is 0 Å². The summed E-state index contributed by atoms with van der Waals surface area (Å²) in [6, 6.07) is 14.5. The van der Waals surface area contributed by atoms with Crippen LogP contribution < -0.4 is 10.5 Å². The third-order valence-corrected chi connectivity index (χ3v) is 3.65. The molecule has 3 rings (SSSR count). The number of nitrogens with two attached hydrogens (primary N) is 1. The molecule has 1 aliphatic heterocycles. The van der Waals surface area contributed by atoms with Crippen LogP contribution in [-0.4, -0.2) is 12.0 Å². The molecule has 0 bridgehead atoms. The predicted molar refractivity (Wildman–Crippen MR) is 76.8 cm³/mol. The van der Waals surface area contributed by atoms with Crippen molar-refractivity contribution in [1.82, 2.24) is 4.90 Å². The Morgan fingerprint density at radius 3 is 2.37 bits per heavy atom. The quantitative estimate of drug-likeness (QED) is 0.856. The molecular formula is C16H18N2O. The highest BCUT2D eigenvalue weighted by Crippen LogP contribution is 2.26. The van der Waals surface area contributed by atoms with Gasteiger partial charge in [-0.3, -0.25) is 4.90 Å². The van der Waals surface area contributed by atoms with Crippen molar-refractivity contribution in [3.63, 3.8) is 0 Å². The molecule has 19 heavy (non-hydrogen) atoms. The monoisotopic (exact) mass is 254 g/mol. The minimum atomic E-state index is 0.801. The van der Waals surface area contributed by atoms with Crippen molar-refractivity contribution in [2.24, 2.45) is 0 Å². The second-order valence-corrected chi connectivity index (χ2v) is 4.98. The zero-order valence-electron chi connectivity index (χ0n) is 11.1. The maximum absolute atomic E-state index is 6.07. The highest BCUT2D eigenvalue weighted by Gasteiger charge is 2.18. The average Bonchev–Trinajstić information content (AvgIpc) is 2.83. The summed E-state index contributed by atoms with van der Waals surface area (Å²) in [7, 11) is 1.66. The Morgan fingerprint density at radius 2 is 1.79 bits per heavy atom. The molecule has 3 heteroatoms. The fourth-order valence-electron chi connectivity index (χ4n) is 2.60. The molecule has 0 aliphatic carbocycles. The minimum Gasteiger partial charge on any atom is -0.497 e. The Bertz CT molecular complexity index is 570. The van der Waals surface area contributed by atoms with Gasteiger partial charge in [-0.15, -0.1) is 0 Å². The van der Waals surface area contributed by atoms with Crippen molar-refractivity contribution in [3.8, 4) is 5.75 Å². The lowest BCUT2D eigenvalue weighted by Crippen LogP contribution is -2.16. The topological polar surface area (TPSA) is 38.5 Å². The van der Waals surface area contributed by atoms with Crippen LogP contribution in [0.5, 0.6) is 5.75 Å². The van der Waals surface area contributed by atoms with Gasteiger partial charge in [0.25, 0.3) is 0 Å². The van der Waals surface area contributed by atoms with E-state index < -0.39 is 0 Å². The van der Waals surface area contributed by atoms with Crippen molar-refractivity contribution in [1.29, 1.82) is 0 Å². The number of methoxy groups -OCH3 is 1. The number of rotatable bonds is 3. The molecule has 0 aromatic heterocycles. The number of hydrogen-bond donors (Lipinski definition) is 1. The Morgan fingerprint density at radius 1 is 1.11 bits per heavy atom. The van der Waals surface area contributed by atoms with Gasteiger partial charge >= 0.3 is 0 Å². The third kappa shape index (κ3) is 2.42. The summed E-state index contributed by atoms with van der Waals surface area (Å²) in [5.41, 5.74) is 10.9. The van der Waals surface area contributed by atoms with Crippen molar-refractivity contribution in [3.05, 3.63) is 59.2 Å². The summed E-state index contributed by atoms with van der Waals surface area (Å²) < 4.78 is 5.18. The van der Waals surface area contributed by atoms with Crippen molar-refractivity contribution in [2.45, 2.75) is 19.6 Å². The van der Waals surface area contributed by atoms with E-state index in [0.29, 0.717) is 0 Å². The van der Waals surface area contributed by atoms with Crippen LogP contribution in [0.4, 0.5) is 5.69 Å². The standard InChI is InChI=1S/C16H18N2O/c1-19-15-7-6-14(16(17)8-15)11-18-9-12-4-2-3-5-13(12)10-18/h2-8H,9-11,17H2,1H3. The van der Waals surface area contributed by atoms with E-state index in [2.05, 4.69) is 35.2 Å². The Kier molecular flexibility index (Phi) is 3.13. The first-order valence-corrected chi connectivity index (χ1v) is 6.48. The van der Waals surface area contributed by atoms with Crippen LogP contribution in [0.15, 0.2) is 42.5 Å². The fraction of sp³-hybridized carbons (Fsp3) is 0.250. The van der Waals surface area contributed by atoms with E-state index in [1.165, 1.54) is 11.1 Å². The summed E-state index contributed by atoms with van der Waals surface area (Å²) >= 11 is 0. The first-order valence-electron chi connectivity index (χ1n) is 6.48. The average molecular weight is 254 g/mol. The number of nitrogens with zero attached hydrogens (tertiary/aromatic N) is 1. The van der Waals surface area contributed by atoms with Gasteiger partial charge in [0.1, 0.15) is 5.75 Å². The second-order valence-electron chi connectivity index (χ2n) is 4.98. The lowest BCUT2D eigenvalue weighted by Gasteiger charge is -2.16. The van der Waals surface area contributed by atoms with Crippen LogP contribution in [0, 0.1) is 0 Å². The van der Waals surface area contributed by atoms with E-state index in [1.807, 2.05) is 12.1 Å². The first kappa shape index (κ1) is 12.1. The van der Waals surface area contributed by atoms with Crippen LogP contribution in [0.3, 0.4) is 0 Å². The summed E-state index contributed by atoms with van der Waals surface area (Å²) in [5.74, 6) is 0.811. The number of nitrogen functional groups attached to an aromatic ring is 1. The van der Waals surface area contributed by atoms with E-state index in [-0.39, 0.29) is 0 Å². The molecule has 2 aromatic rings. The van der Waals surface area contributed by atoms with E-state index in [9.17, 15) is 0 Å². The molecule has 2 aromatic carbocycles. The third-order valence-electron chi connectivity index (χ3n) is 3.65. The Balaban J connectivity index is 1.74. The molecule has 98 valence electrons. The molecule has 0 spiro atoms.